The zero-order valence-electron chi connectivity index (χ0n) is 14.7. The number of rotatable bonds is 3. The molecule has 1 amide bonds. The van der Waals surface area contributed by atoms with Crippen molar-refractivity contribution in [3.63, 3.8) is 0 Å². The Labute approximate surface area is 149 Å². The maximum absolute atomic E-state index is 12.6. The molecule has 132 valence electrons. The van der Waals surface area contributed by atoms with Gasteiger partial charge in [0.15, 0.2) is 5.65 Å². The largest absolute Gasteiger partial charge is 0.310 e. The number of carbonyl (C=O) groups excluding carboxylic acids is 1. The van der Waals surface area contributed by atoms with Gasteiger partial charge in [0.05, 0.1) is 6.42 Å². The summed E-state index contributed by atoms with van der Waals surface area (Å²) in [6, 6.07) is 11.2. The second-order valence-corrected chi connectivity index (χ2v) is 6.95. The van der Waals surface area contributed by atoms with Crippen LogP contribution < -0.4 is 10.9 Å². The van der Waals surface area contributed by atoms with Crippen LogP contribution in [0.5, 0.6) is 0 Å². The van der Waals surface area contributed by atoms with Crippen LogP contribution in [0.25, 0.3) is 5.65 Å². The van der Waals surface area contributed by atoms with E-state index in [0.29, 0.717) is 0 Å². The number of benzene rings is 1. The van der Waals surface area contributed by atoms with E-state index in [2.05, 4.69) is 20.6 Å². The van der Waals surface area contributed by atoms with E-state index < -0.39 is 11.0 Å². The van der Waals surface area contributed by atoms with Gasteiger partial charge in [-0.15, -0.1) is 10.2 Å². The van der Waals surface area contributed by atoms with E-state index in [9.17, 15) is 14.9 Å². The molecule has 8 heteroatoms. The normalized spacial score (nSPS) is 11.3. The summed E-state index contributed by atoms with van der Waals surface area (Å²) < 4.78 is 1.14. The van der Waals surface area contributed by atoms with Gasteiger partial charge in [-0.05, 0) is 5.56 Å². The van der Waals surface area contributed by atoms with Gasteiger partial charge in [0, 0.05) is 5.41 Å². The molecule has 2 N–H and O–H groups in total. The SMILES string of the molecule is CC(C)(C)c1nnc2c(C#N)c(NC(=O)Cc3ccccc3)[nH]n2c1=O. The number of aromatic amines is 1. The van der Waals surface area contributed by atoms with Crippen LogP contribution >= 0.6 is 0 Å². The number of carbonyl (C=O) groups is 1. The standard InChI is InChI=1S/C18H18N6O2/c1-18(2,3)14-17(26)24-16(22-21-14)12(10-19)15(23-24)20-13(25)9-11-7-5-4-6-8-11/h4-8,23H,9H2,1-3H3,(H,20,25). The molecule has 0 unspecified atom stereocenters. The molecule has 0 aliphatic carbocycles. The second-order valence-electron chi connectivity index (χ2n) is 6.95. The van der Waals surface area contributed by atoms with E-state index in [0.717, 1.165) is 10.1 Å². The molecule has 0 fully saturated rings. The summed E-state index contributed by atoms with van der Waals surface area (Å²) in [7, 11) is 0. The first-order valence-electron chi connectivity index (χ1n) is 8.07. The predicted octanol–water partition coefficient (Wildman–Crippen LogP) is 1.77. The molecule has 0 aliphatic rings. The van der Waals surface area contributed by atoms with Crippen molar-refractivity contribution >= 4 is 17.4 Å². The maximum atomic E-state index is 12.6. The first kappa shape index (κ1) is 17.4. The van der Waals surface area contributed by atoms with Crippen molar-refractivity contribution in [3.8, 4) is 6.07 Å². The molecule has 3 aromatic rings. The Kier molecular flexibility index (Phi) is 4.30. The molecule has 0 saturated heterocycles. The summed E-state index contributed by atoms with van der Waals surface area (Å²) in [6.07, 6.45) is 0.148. The van der Waals surface area contributed by atoms with Crippen molar-refractivity contribution in [3.05, 3.63) is 57.5 Å². The molecule has 0 aliphatic heterocycles. The Morgan fingerprint density at radius 2 is 1.96 bits per heavy atom. The van der Waals surface area contributed by atoms with Crippen LogP contribution in [0.2, 0.25) is 0 Å². The van der Waals surface area contributed by atoms with E-state index in [1.807, 2.05) is 57.2 Å². The first-order chi connectivity index (χ1) is 12.3. The van der Waals surface area contributed by atoms with Crippen molar-refractivity contribution in [1.29, 1.82) is 5.26 Å². The minimum Gasteiger partial charge on any atom is -0.310 e. The summed E-state index contributed by atoms with van der Waals surface area (Å²) in [5.74, 6) is -0.179. The lowest BCUT2D eigenvalue weighted by molar-refractivity contribution is -0.115. The molecule has 2 aromatic heterocycles. The summed E-state index contributed by atoms with van der Waals surface area (Å²) in [5, 5.41) is 22.8. The van der Waals surface area contributed by atoms with Gasteiger partial charge in [0.25, 0.3) is 5.56 Å². The van der Waals surface area contributed by atoms with E-state index in [-0.39, 0.29) is 35.1 Å². The zero-order chi connectivity index (χ0) is 18.9. The van der Waals surface area contributed by atoms with E-state index >= 15 is 0 Å². The van der Waals surface area contributed by atoms with Gasteiger partial charge in [-0.25, -0.2) is 0 Å². The van der Waals surface area contributed by atoms with Crippen LogP contribution in [0.3, 0.4) is 0 Å². The van der Waals surface area contributed by atoms with Crippen molar-refractivity contribution in [1.82, 2.24) is 19.8 Å². The predicted molar refractivity (Wildman–Crippen MR) is 95.8 cm³/mol. The van der Waals surface area contributed by atoms with Crippen LogP contribution in [0.4, 0.5) is 5.82 Å². The third kappa shape index (κ3) is 3.19. The Hall–Kier alpha value is -3.47. The molecule has 0 atom stereocenters. The lowest BCUT2D eigenvalue weighted by atomic mass is 9.93. The Morgan fingerprint density at radius 3 is 2.58 bits per heavy atom. The third-order valence-electron chi connectivity index (χ3n) is 3.85. The Morgan fingerprint density at radius 1 is 1.27 bits per heavy atom. The first-order valence-corrected chi connectivity index (χ1v) is 8.07. The second kappa shape index (κ2) is 6.44. The van der Waals surface area contributed by atoms with Gasteiger partial charge in [0.1, 0.15) is 23.1 Å². The fourth-order valence-electron chi connectivity index (χ4n) is 2.56. The van der Waals surface area contributed by atoms with Crippen LogP contribution in [-0.4, -0.2) is 25.7 Å². The Balaban J connectivity index is 1.99. The monoisotopic (exact) mass is 350 g/mol. The molecule has 1 aromatic carbocycles. The van der Waals surface area contributed by atoms with Gasteiger partial charge in [-0.1, -0.05) is 51.1 Å². The van der Waals surface area contributed by atoms with Gasteiger partial charge < -0.3 is 5.32 Å². The number of H-pyrrole nitrogens is 1. The van der Waals surface area contributed by atoms with Crippen LogP contribution in [0.1, 0.15) is 37.6 Å². The topological polar surface area (TPSA) is 116 Å². The molecular weight excluding hydrogens is 332 g/mol. The van der Waals surface area contributed by atoms with Gasteiger partial charge in [0.2, 0.25) is 5.91 Å². The summed E-state index contributed by atoms with van der Waals surface area (Å²) in [5.41, 5.74) is 0.356. The maximum Gasteiger partial charge on any atom is 0.295 e. The number of hydrogen-bond acceptors (Lipinski definition) is 5. The molecule has 2 heterocycles. The van der Waals surface area contributed by atoms with Crippen molar-refractivity contribution in [2.75, 3.05) is 5.32 Å². The number of anilines is 1. The fourth-order valence-corrected chi connectivity index (χ4v) is 2.56. The van der Waals surface area contributed by atoms with Crippen LogP contribution in [-0.2, 0) is 16.6 Å². The van der Waals surface area contributed by atoms with Crippen molar-refractivity contribution in [2.24, 2.45) is 0 Å². The molecule has 3 rings (SSSR count). The van der Waals surface area contributed by atoms with Crippen LogP contribution in [0.15, 0.2) is 35.1 Å². The minimum atomic E-state index is -0.500. The molecule has 26 heavy (non-hydrogen) atoms. The third-order valence-corrected chi connectivity index (χ3v) is 3.85. The molecule has 8 nitrogen and oxygen atoms in total. The van der Waals surface area contributed by atoms with Crippen molar-refractivity contribution in [2.45, 2.75) is 32.6 Å². The van der Waals surface area contributed by atoms with E-state index in [1.165, 1.54) is 0 Å². The van der Waals surface area contributed by atoms with Gasteiger partial charge in [-0.3, -0.25) is 14.7 Å². The number of hydrogen-bond donors (Lipinski definition) is 2. The highest BCUT2D eigenvalue weighted by molar-refractivity contribution is 5.93. The molecule has 0 radical (unpaired) electrons. The van der Waals surface area contributed by atoms with Gasteiger partial charge >= 0.3 is 0 Å². The Bertz CT molecular complexity index is 1070. The molecular formula is C18H18N6O2. The van der Waals surface area contributed by atoms with E-state index in [1.54, 1.807) is 0 Å². The summed E-state index contributed by atoms with van der Waals surface area (Å²) >= 11 is 0. The minimum absolute atomic E-state index is 0.0662. The number of nitrogens with one attached hydrogen (secondary N) is 2. The highest BCUT2D eigenvalue weighted by Gasteiger charge is 2.24. The highest BCUT2D eigenvalue weighted by atomic mass is 16.2. The molecule has 0 bridgehead atoms. The average molecular weight is 350 g/mol. The van der Waals surface area contributed by atoms with Crippen LogP contribution in [0, 0.1) is 11.3 Å². The number of fused-ring (bicyclic) bond motifs is 1. The lowest BCUT2D eigenvalue weighted by Gasteiger charge is -2.14. The molecule has 0 spiro atoms. The fraction of sp³-hybridized carbons (Fsp3) is 0.278. The molecule has 0 saturated carbocycles. The smallest absolute Gasteiger partial charge is 0.295 e. The summed E-state index contributed by atoms with van der Waals surface area (Å²) in [6.45, 7) is 5.55. The van der Waals surface area contributed by atoms with Gasteiger partial charge in [-0.2, -0.15) is 9.78 Å². The number of nitrogens with zero attached hydrogens (tertiary/aromatic N) is 4. The van der Waals surface area contributed by atoms with Crippen molar-refractivity contribution < 1.29 is 4.79 Å². The highest BCUT2D eigenvalue weighted by Crippen LogP contribution is 2.19. The number of amides is 1. The quantitative estimate of drug-likeness (QED) is 0.747. The number of aromatic nitrogens is 4. The zero-order valence-corrected chi connectivity index (χ0v) is 14.7. The average Bonchev–Trinajstić information content (AvgIpc) is 2.92. The summed E-state index contributed by atoms with van der Waals surface area (Å²) in [4.78, 5) is 24.9. The number of nitriles is 1. The van der Waals surface area contributed by atoms with E-state index in [4.69, 9.17) is 0 Å². The lowest BCUT2D eigenvalue weighted by Crippen LogP contribution is -2.30.